The molecule has 0 saturated carbocycles. The van der Waals surface area contributed by atoms with Gasteiger partial charge in [-0.05, 0) is 37.7 Å². The van der Waals surface area contributed by atoms with Crippen molar-refractivity contribution >= 4 is 35.8 Å². The fraction of sp³-hybridized carbons (Fsp3) is 0.652. The first-order valence-electron chi connectivity index (χ1n) is 11.2. The molecule has 168 valence electrons. The number of halogens is 1. The minimum atomic E-state index is 0. The molecule has 0 unspecified atom stereocenters. The molecule has 1 aromatic carbocycles. The smallest absolute Gasteiger partial charge is 0.219 e. The molecule has 2 fully saturated rings. The Bertz CT molecular complexity index is 653. The number of hydrogen-bond donors (Lipinski definition) is 1. The maximum absolute atomic E-state index is 11.5. The van der Waals surface area contributed by atoms with E-state index in [0.29, 0.717) is 0 Å². The second kappa shape index (κ2) is 13.1. The Morgan fingerprint density at radius 3 is 2.30 bits per heavy atom. The highest BCUT2D eigenvalue weighted by Gasteiger charge is 2.22. The summed E-state index contributed by atoms with van der Waals surface area (Å²) in [6.07, 6.45) is 3.65. The first kappa shape index (κ1) is 24.9. The van der Waals surface area contributed by atoms with Crippen LogP contribution in [0.3, 0.4) is 0 Å². The summed E-state index contributed by atoms with van der Waals surface area (Å²) in [5.74, 6) is 2.02. The number of nitrogens with zero attached hydrogens (tertiary/aromatic N) is 4. The van der Waals surface area contributed by atoms with E-state index in [4.69, 9.17) is 4.99 Å². The zero-order chi connectivity index (χ0) is 20.5. The monoisotopic (exact) mass is 527 g/mol. The molecule has 0 aromatic heterocycles. The number of nitrogens with one attached hydrogen (secondary N) is 1. The number of amides is 1. The van der Waals surface area contributed by atoms with Crippen LogP contribution in [-0.4, -0.2) is 85.5 Å². The van der Waals surface area contributed by atoms with Crippen LogP contribution < -0.4 is 5.32 Å². The number of carbonyl (C=O) groups is 1. The molecule has 1 amide bonds. The van der Waals surface area contributed by atoms with E-state index in [2.05, 4.69) is 52.4 Å². The topological polar surface area (TPSA) is 51.2 Å². The summed E-state index contributed by atoms with van der Waals surface area (Å²) in [5.41, 5.74) is 1.45. The number of rotatable bonds is 6. The lowest BCUT2D eigenvalue weighted by molar-refractivity contribution is -0.130. The Balaban J connectivity index is 0.00000320. The van der Waals surface area contributed by atoms with Crippen molar-refractivity contribution in [2.75, 3.05) is 58.9 Å². The normalized spacial score (nSPS) is 18.8. The number of hydrogen-bond acceptors (Lipinski definition) is 3. The first-order chi connectivity index (χ1) is 14.2. The van der Waals surface area contributed by atoms with Crippen LogP contribution in [0.5, 0.6) is 0 Å². The van der Waals surface area contributed by atoms with E-state index in [-0.39, 0.29) is 29.9 Å². The van der Waals surface area contributed by atoms with Gasteiger partial charge >= 0.3 is 0 Å². The zero-order valence-electron chi connectivity index (χ0n) is 18.6. The van der Waals surface area contributed by atoms with Crippen molar-refractivity contribution in [2.45, 2.75) is 33.1 Å². The lowest BCUT2D eigenvalue weighted by Crippen LogP contribution is -2.49. The third-order valence-electron chi connectivity index (χ3n) is 6.11. The largest absolute Gasteiger partial charge is 0.357 e. The van der Waals surface area contributed by atoms with Crippen molar-refractivity contribution in [2.24, 2.45) is 10.9 Å². The quantitative estimate of drug-likeness (QED) is 0.351. The molecule has 30 heavy (non-hydrogen) atoms. The van der Waals surface area contributed by atoms with E-state index < -0.39 is 0 Å². The highest BCUT2D eigenvalue weighted by molar-refractivity contribution is 14.0. The second-order valence-corrected chi connectivity index (χ2v) is 8.20. The molecule has 0 atom stereocenters. The minimum Gasteiger partial charge on any atom is -0.357 e. The fourth-order valence-corrected chi connectivity index (χ4v) is 4.31. The van der Waals surface area contributed by atoms with Gasteiger partial charge in [-0.15, -0.1) is 24.0 Å². The van der Waals surface area contributed by atoms with Crippen molar-refractivity contribution < 1.29 is 4.79 Å². The second-order valence-electron chi connectivity index (χ2n) is 8.20. The standard InChI is InChI=1S/C23H37N5O.HI/c1-3-24-23(25-11-14-26-15-17-27(18-16-26)20(2)29)28-12-9-22(10-13-28)19-21-7-5-4-6-8-21;/h4-8,22H,3,9-19H2,1-2H3,(H,24,25);1H. The van der Waals surface area contributed by atoms with Crippen molar-refractivity contribution in [3.8, 4) is 0 Å². The van der Waals surface area contributed by atoms with Crippen molar-refractivity contribution in [3.05, 3.63) is 35.9 Å². The number of aliphatic imine (C=N–C) groups is 1. The Morgan fingerprint density at radius 1 is 1.03 bits per heavy atom. The van der Waals surface area contributed by atoms with Gasteiger partial charge in [0.1, 0.15) is 0 Å². The van der Waals surface area contributed by atoms with E-state index in [0.717, 1.165) is 70.8 Å². The van der Waals surface area contributed by atoms with Crippen molar-refractivity contribution in [3.63, 3.8) is 0 Å². The highest BCUT2D eigenvalue weighted by atomic mass is 127. The predicted molar refractivity (Wildman–Crippen MR) is 135 cm³/mol. The number of guanidine groups is 1. The lowest BCUT2D eigenvalue weighted by atomic mass is 9.90. The summed E-state index contributed by atoms with van der Waals surface area (Å²) in [4.78, 5) is 23.1. The molecule has 0 radical (unpaired) electrons. The molecule has 2 aliphatic rings. The minimum absolute atomic E-state index is 0. The van der Waals surface area contributed by atoms with E-state index >= 15 is 0 Å². The van der Waals surface area contributed by atoms with Crippen molar-refractivity contribution in [1.29, 1.82) is 0 Å². The Kier molecular flexibility index (Phi) is 10.9. The first-order valence-corrected chi connectivity index (χ1v) is 11.2. The maximum atomic E-state index is 11.5. The van der Waals surface area contributed by atoms with E-state index in [1.807, 2.05) is 4.90 Å². The van der Waals surface area contributed by atoms with Crippen LogP contribution in [0, 0.1) is 5.92 Å². The SMILES string of the molecule is CCNC(=NCCN1CCN(C(C)=O)CC1)N1CCC(Cc2ccccc2)CC1.I. The Morgan fingerprint density at radius 2 is 1.70 bits per heavy atom. The average Bonchev–Trinajstić information content (AvgIpc) is 2.75. The van der Waals surface area contributed by atoms with Gasteiger partial charge in [0.05, 0.1) is 6.54 Å². The van der Waals surface area contributed by atoms with Crippen LogP contribution in [0.2, 0.25) is 0 Å². The maximum Gasteiger partial charge on any atom is 0.219 e. The van der Waals surface area contributed by atoms with Crippen LogP contribution in [0.1, 0.15) is 32.3 Å². The molecule has 3 rings (SSSR count). The molecule has 0 spiro atoms. The van der Waals surface area contributed by atoms with Crippen LogP contribution in [0.25, 0.3) is 0 Å². The average molecular weight is 527 g/mol. The van der Waals surface area contributed by atoms with Gasteiger partial charge in [-0.25, -0.2) is 0 Å². The van der Waals surface area contributed by atoms with Gasteiger partial charge in [-0.3, -0.25) is 14.7 Å². The third kappa shape index (κ3) is 7.72. The third-order valence-corrected chi connectivity index (χ3v) is 6.11. The van der Waals surface area contributed by atoms with Gasteiger partial charge in [-0.2, -0.15) is 0 Å². The molecular formula is C23H38IN5O. The number of likely N-dealkylation sites (tertiary alicyclic amines) is 1. The van der Waals surface area contributed by atoms with Gasteiger partial charge in [-0.1, -0.05) is 30.3 Å². The molecule has 2 saturated heterocycles. The number of piperidine rings is 1. The van der Waals surface area contributed by atoms with Crippen LogP contribution >= 0.6 is 24.0 Å². The van der Waals surface area contributed by atoms with Crippen LogP contribution in [0.4, 0.5) is 0 Å². The van der Waals surface area contributed by atoms with E-state index in [1.54, 1.807) is 6.92 Å². The molecule has 2 aliphatic heterocycles. The molecule has 1 N–H and O–H groups in total. The fourth-order valence-electron chi connectivity index (χ4n) is 4.31. The molecule has 2 heterocycles. The molecule has 1 aromatic rings. The Labute approximate surface area is 199 Å². The summed E-state index contributed by atoms with van der Waals surface area (Å²) in [5, 5.41) is 3.48. The van der Waals surface area contributed by atoms with Crippen LogP contribution in [0.15, 0.2) is 35.3 Å². The lowest BCUT2D eigenvalue weighted by Gasteiger charge is -2.35. The molecule has 0 bridgehead atoms. The van der Waals surface area contributed by atoms with Gasteiger partial charge < -0.3 is 15.1 Å². The molecule has 0 aliphatic carbocycles. The summed E-state index contributed by atoms with van der Waals surface area (Å²) in [6, 6.07) is 10.9. The van der Waals surface area contributed by atoms with Crippen LogP contribution in [-0.2, 0) is 11.2 Å². The molecular weight excluding hydrogens is 489 g/mol. The molecule has 6 nitrogen and oxygen atoms in total. The Hall–Kier alpha value is -1.35. The van der Waals surface area contributed by atoms with Gasteiger partial charge in [0.15, 0.2) is 5.96 Å². The zero-order valence-corrected chi connectivity index (χ0v) is 20.9. The van der Waals surface area contributed by atoms with Gasteiger partial charge in [0.25, 0.3) is 0 Å². The predicted octanol–water partition coefficient (Wildman–Crippen LogP) is 2.69. The number of benzene rings is 1. The summed E-state index contributed by atoms with van der Waals surface area (Å²) in [6.45, 7) is 12.2. The van der Waals surface area contributed by atoms with Gasteiger partial charge in [0.2, 0.25) is 5.91 Å². The van der Waals surface area contributed by atoms with E-state index in [1.165, 1.54) is 24.8 Å². The van der Waals surface area contributed by atoms with E-state index in [9.17, 15) is 4.79 Å². The summed E-state index contributed by atoms with van der Waals surface area (Å²) < 4.78 is 0. The van der Waals surface area contributed by atoms with Gasteiger partial charge in [0, 0.05) is 59.3 Å². The summed E-state index contributed by atoms with van der Waals surface area (Å²) in [7, 11) is 0. The number of carbonyl (C=O) groups excluding carboxylic acids is 1. The number of piperazine rings is 1. The highest BCUT2D eigenvalue weighted by Crippen LogP contribution is 2.21. The van der Waals surface area contributed by atoms with Crippen molar-refractivity contribution in [1.82, 2.24) is 20.0 Å². The molecule has 7 heteroatoms. The summed E-state index contributed by atoms with van der Waals surface area (Å²) >= 11 is 0.